The number of allylic oxidation sites excluding steroid dienone is 1. The number of carbonyl (C=O) groups excluding carboxylic acids is 3. The molecule has 1 aliphatic heterocycles. The van der Waals surface area contributed by atoms with Crippen molar-refractivity contribution in [1.29, 1.82) is 0 Å². The number of amides is 1. The van der Waals surface area contributed by atoms with Crippen molar-refractivity contribution in [1.82, 2.24) is 5.32 Å². The third kappa shape index (κ3) is 6.33. The van der Waals surface area contributed by atoms with E-state index in [0.717, 1.165) is 32.1 Å². The number of ketones is 1. The summed E-state index contributed by atoms with van der Waals surface area (Å²) in [5.41, 5.74) is 6.81. The van der Waals surface area contributed by atoms with Crippen molar-refractivity contribution in [2.24, 2.45) is 68.3 Å². The van der Waals surface area contributed by atoms with Crippen LogP contribution in [0.15, 0.2) is 42.0 Å². The fraction of sp³-hybridized carbons (Fsp3) is 0.761. The summed E-state index contributed by atoms with van der Waals surface area (Å²) in [6.45, 7) is 25.9. The van der Waals surface area contributed by atoms with Gasteiger partial charge in [0.25, 0.3) is 0 Å². The number of Topliss-reactive ketones (excluding diaryl/α,β-unsaturated/α-hetero) is 1. The van der Waals surface area contributed by atoms with Gasteiger partial charge in [0.1, 0.15) is 12.2 Å². The van der Waals surface area contributed by atoms with Crippen LogP contribution in [-0.4, -0.2) is 61.8 Å². The number of ether oxygens (including phenoxy) is 3. The molecular formula is C46H70N2O6. The van der Waals surface area contributed by atoms with Crippen molar-refractivity contribution in [2.75, 3.05) is 26.4 Å². The normalized spacial score (nSPS) is 40.4. The van der Waals surface area contributed by atoms with Crippen molar-refractivity contribution in [3.05, 3.63) is 47.5 Å². The quantitative estimate of drug-likeness (QED) is 0.126. The Bertz CT molecular complexity index is 1630. The summed E-state index contributed by atoms with van der Waals surface area (Å²) in [6, 6.07) is 9.38. The van der Waals surface area contributed by atoms with E-state index in [-0.39, 0.29) is 75.6 Å². The molecule has 8 nitrogen and oxygen atoms in total. The number of rotatable bonds is 12. The van der Waals surface area contributed by atoms with E-state index in [4.69, 9.17) is 19.9 Å². The molecule has 3 N–H and O–H groups in total. The molecule has 1 amide bonds. The van der Waals surface area contributed by atoms with Gasteiger partial charge in [-0.05, 0) is 91.3 Å². The van der Waals surface area contributed by atoms with Crippen LogP contribution in [0.1, 0.15) is 125 Å². The molecule has 1 aromatic rings. The van der Waals surface area contributed by atoms with E-state index >= 15 is 0 Å². The van der Waals surface area contributed by atoms with Gasteiger partial charge in [0.15, 0.2) is 5.78 Å². The van der Waals surface area contributed by atoms with E-state index in [2.05, 4.69) is 80.6 Å². The highest BCUT2D eigenvalue weighted by Gasteiger charge is 2.72. The first kappa shape index (κ1) is 41.1. The number of nitrogens with two attached hydrogens (primary N) is 1. The molecular weight excluding hydrogens is 677 g/mol. The first-order valence-corrected chi connectivity index (χ1v) is 20.9. The van der Waals surface area contributed by atoms with Gasteiger partial charge in [-0.2, -0.15) is 0 Å². The molecule has 12 atom stereocenters. The van der Waals surface area contributed by atoms with Gasteiger partial charge >= 0.3 is 5.97 Å². The summed E-state index contributed by atoms with van der Waals surface area (Å²) in [6.07, 6.45) is 7.20. The number of benzene rings is 1. The summed E-state index contributed by atoms with van der Waals surface area (Å²) < 4.78 is 20.0. The molecule has 2 bridgehead atoms. The van der Waals surface area contributed by atoms with Gasteiger partial charge in [-0.3, -0.25) is 14.4 Å². The molecule has 5 aliphatic rings. The minimum atomic E-state index is -0.506. The fourth-order valence-corrected chi connectivity index (χ4v) is 13.0. The van der Waals surface area contributed by atoms with E-state index in [1.165, 1.54) is 12.5 Å². The Labute approximate surface area is 325 Å². The van der Waals surface area contributed by atoms with Crippen molar-refractivity contribution >= 4 is 17.7 Å². The lowest BCUT2D eigenvalue weighted by atomic mass is 9.34. The molecule has 1 aromatic carbocycles. The maximum absolute atomic E-state index is 13.7. The summed E-state index contributed by atoms with van der Waals surface area (Å²) in [7, 11) is 0. The molecule has 6 rings (SSSR count). The van der Waals surface area contributed by atoms with E-state index in [0.29, 0.717) is 43.6 Å². The van der Waals surface area contributed by atoms with Crippen LogP contribution < -0.4 is 11.1 Å². The van der Waals surface area contributed by atoms with Crippen molar-refractivity contribution in [3.63, 3.8) is 0 Å². The fourth-order valence-electron chi connectivity index (χ4n) is 13.0. The van der Waals surface area contributed by atoms with Crippen molar-refractivity contribution < 1.29 is 28.6 Å². The predicted molar refractivity (Wildman–Crippen MR) is 212 cm³/mol. The largest absolute Gasteiger partial charge is 0.460 e. The van der Waals surface area contributed by atoms with Crippen LogP contribution in [0.2, 0.25) is 0 Å². The molecule has 54 heavy (non-hydrogen) atoms. The van der Waals surface area contributed by atoms with Crippen LogP contribution in [0.25, 0.3) is 0 Å². The highest BCUT2D eigenvalue weighted by Crippen LogP contribution is 2.75. The number of nitrogens with one attached hydrogen (secondary N) is 1. The van der Waals surface area contributed by atoms with Gasteiger partial charge in [0.2, 0.25) is 5.91 Å². The molecule has 1 heterocycles. The van der Waals surface area contributed by atoms with Crippen LogP contribution in [0.5, 0.6) is 0 Å². The minimum absolute atomic E-state index is 0.0387. The van der Waals surface area contributed by atoms with Gasteiger partial charge in [-0.15, -0.1) is 0 Å². The Morgan fingerprint density at radius 2 is 1.67 bits per heavy atom. The smallest absolute Gasteiger partial charge is 0.302 e. The van der Waals surface area contributed by atoms with Gasteiger partial charge in [0.05, 0.1) is 26.4 Å². The molecule has 0 aromatic heterocycles. The lowest BCUT2D eigenvalue weighted by molar-refractivity contribution is -0.269. The van der Waals surface area contributed by atoms with Gasteiger partial charge < -0.3 is 25.3 Å². The van der Waals surface area contributed by atoms with Crippen LogP contribution in [0.4, 0.5) is 0 Å². The molecule has 8 heteroatoms. The second kappa shape index (κ2) is 14.4. The Morgan fingerprint density at radius 1 is 0.981 bits per heavy atom. The first-order valence-electron chi connectivity index (χ1n) is 20.9. The van der Waals surface area contributed by atoms with Crippen molar-refractivity contribution in [2.45, 2.75) is 132 Å². The van der Waals surface area contributed by atoms with Gasteiger partial charge in [-0.25, -0.2) is 0 Å². The topological polar surface area (TPSA) is 117 Å². The van der Waals surface area contributed by atoms with Crippen LogP contribution in [0.3, 0.4) is 0 Å². The summed E-state index contributed by atoms with van der Waals surface area (Å²) >= 11 is 0. The maximum Gasteiger partial charge on any atom is 0.302 e. The average molecular weight is 747 g/mol. The van der Waals surface area contributed by atoms with Crippen LogP contribution >= 0.6 is 0 Å². The number of hydrogen-bond acceptors (Lipinski definition) is 7. The van der Waals surface area contributed by atoms with Crippen LogP contribution in [0, 0.1) is 62.6 Å². The summed E-state index contributed by atoms with van der Waals surface area (Å²) in [5, 5.41) is 3.56. The van der Waals surface area contributed by atoms with E-state index in [1.807, 2.05) is 30.3 Å². The minimum Gasteiger partial charge on any atom is -0.460 e. The van der Waals surface area contributed by atoms with E-state index < -0.39 is 17.1 Å². The molecule has 0 radical (unpaired) electrons. The third-order valence-corrected chi connectivity index (χ3v) is 17.0. The number of hydrogen-bond donors (Lipinski definition) is 2. The zero-order chi connectivity index (χ0) is 39.6. The average Bonchev–Trinajstić information content (AvgIpc) is 3.10. The lowest BCUT2D eigenvalue weighted by Gasteiger charge is -2.71. The van der Waals surface area contributed by atoms with Gasteiger partial charge in [-0.1, -0.05) is 104 Å². The Hall–Kier alpha value is -2.55. The second-order valence-corrected chi connectivity index (χ2v) is 20.2. The summed E-state index contributed by atoms with van der Waals surface area (Å²) in [4.78, 5) is 39.7. The molecule has 4 fully saturated rings. The van der Waals surface area contributed by atoms with E-state index in [1.54, 1.807) is 0 Å². The van der Waals surface area contributed by atoms with Crippen molar-refractivity contribution in [3.8, 4) is 0 Å². The zero-order valence-corrected chi connectivity index (χ0v) is 35.2. The molecule has 0 unspecified atom stereocenters. The number of fused-ring (bicyclic) bond motifs is 3. The SMILES string of the molecule is CC(=O)O[C@@H]1C[C@@]23COC[C@](C)([C@@H]2CC[C@H]2C3=CC[C@@]3(C)[C@H](C(N)=O)[C@@](C)([C@H](C)C(C)C)CC[C@]23C)[C@H]1OC[C@@](C)(NCC(=O)c1ccccc1)C(C)C. The summed E-state index contributed by atoms with van der Waals surface area (Å²) in [5.74, 6) is 0.890. The molecule has 1 saturated heterocycles. The Kier molecular flexibility index (Phi) is 11.0. The van der Waals surface area contributed by atoms with Crippen LogP contribution in [-0.2, 0) is 23.8 Å². The molecule has 4 aliphatic carbocycles. The standard InChI is InChI=1S/C46H70N2O6/c1-28(2)30(5)41(7)21-22-43(9)33-17-18-37-42(8)25-52-27-46(37,34(33)19-20-44(43,10)38(41)40(47)51)23-36(54-31(6)49)39(42)53-26-45(11,29(3)4)48-24-35(50)32-15-13-12-14-16-32/h12-16,19,28-30,33,36-39,48H,17-18,20-27H2,1-11H3,(H2,47,51)/t30-,33+,36-,37+,38-,39+,41-,42-,43-,44+,45-,46+/m1/s1. The molecule has 3 saturated carbocycles. The maximum atomic E-state index is 13.7. The number of esters is 1. The molecule has 0 spiro atoms. The Morgan fingerprint density at radius 3 is 2.28 bits per heavy atom. The Balaban J connectivity index is 1.32. The molecule has 300 valence electrons. The monoisotopic (exact) mass is 747 g/mol. The first-order chi connectivity index (χ1) is 25.2. The van der Waals surface area contributed by atoms with E-state index in [9.17, 15) is 14.4 Å². The highest BCUT2D eigenvalue weighted by atomic mass is 16.6. The zero-order valence-electron chi connectivity index (χ0n) is 35.2. The van der Waals surface area contributed by atoms with Gasteiger partial charge in [0, 0.05) is 34.8 Å². The highest BCUT2D eigenvalue weighted by molar-refractivity contribution is 5.97. The predicted octanol–water partition coefficient (Wildman–Crippen LogP) is 8.18. The second-order valence-electron chi connectivity index (χ2n) is 20.2. The number of carbonyl (C=O) groups is 3. The lowest BCUT2D eigenvalue weighted by Crippen LogP contribution is -2.70. The third-order valence-electron chi connectivity index (χ3n) is 17.0. The number of primary amides is 1.